The van der Waals surface area contributed by atoms with E-state index in [-0.39, 0.29) is 0 Å². The van der Waals surface area contributed by atoms with Gasteiger partial charge in [-0.2, -0.15) is 0 Å². The molecule has 1 aliphatic rings. The summed E-state index contributed by atoms with van der Waals surface area (Å²) in [4.78, 5) is 0. The topological polar surface area (TPSA) is 0 Å². The Bertz CT molecular complexity index is 240. The number of rotatable bonds is 5. The maximum Gasteiger partial charge on any atom is -0.0234 e. The van der Waals surface area contributed by atoms with E-state index in [0.717, 1.165) is 23.7 Å². The van der Waals surface area contributed by atoms with Crippen LogP contribution in [0.2, 0.25) is 0 Å². The summed E-state index contributed by atoms with van der Waals surface area (Å²) in [7, 11) is 0. The second-order valence-corrected chi connectivity index (χ2v) is 6.72. The largest absolute Gasteiger partial charge is 0.0999 e. The summed E-state index contributed by atoms with van der Waals surface area (Å²) in [6.45, 7) is 15.9. The smallest absolute Gasteiger partial charge is 0.0234 e. The first-order chi connectivity index (χ1) is 7.95. The van der Waals surface area contributed by atoms with Crippen LogP contribution in [0, 0.1) is 29.6 Å². The highest BCUT2D eigenvalue weighted by Gasteiger charge is 2.32. The third-order valence-corrected chi connectivity index (χ3v) is 5.12. The van der Waals surface area contributed by atoms with E-state index < -0.39 is 0 Å². The molecule has 5 atom stereocenters. The van der Waals surface area contributed by atoms with Gasteiger partial charge in [-0.3, -0.25) is 0 Å². The zero-order chi connectivity index (χ0) is 13.0. The van der Waals surface area contributed by atoms with Crippen molar-refractivity contribution in [3.8, 4) is 0 Å². The first kappa shape index (κ1) is 14.8. The first-order valence-electron chi connectivity index (χ1n) is 7.61. The van der Waals surface area contributed by atoms with Gasteiger partial charge < -0.3 is 0 Å². The van der Waals surface area contributed by atoms with Gasteiger partial charge >= 0.3 is 0 Å². The Hall–Kier alpha value is -0.260. The van der Waals surface area contributed by atoms with Gasteiger partial charge in [-0.25, -0.2) is 0 Å². The molecule has 0 spiro atoms. The Balaban J connectivity index is 2.51. The lowest BCUT2D eigenvalue weighted by Gasteiger charge is -2.40. The Morgan fingerprint density at radius 2 is 1.71 bits per heavy atom. The van der Waals surface area contributed by atoms with Crippen LogP contribution in [0.25, 0.3) is 0 Å². The lowest BCUT2D eigenvalue weighted by molar-refractivity contribution is 0.112. The highest BCUT2D eigenvalue weighted by atomic mass is 14.4. The quantitative estimate of drug-likeness (QED) is 0.538. The Labute approximate surface area is 109 Å². The van der Waals surface area contributed by atoms with Crippen LogP contribution in [0.3, 0.4) is 0 Å². The molecular weight excluding hydrogens is 204 g/mol. The van der Waals surface area contributed by atoms with Crippen LogP contribution >= 0.6 is 0 Å². The van der Waals surface area contributed by atoms with E-state index in [0.29, 0.717) is 5.92 Å². The van der Waals surface area contributed by atoms with Gasteiger partial charge in [-0.1, -0.05) is 52.7 Å². The predicted molar refractivity (Wildman–Crippen MR) is 78.0 cm³/mol. The van der Waals surface area contributed by atoms with Crippen molar-refractivity contribution in [2.45, 2.75) is 66.7 Å². The van der Waals surface area contributed by atoms with Crippen LogP contribution in [0.15, 0.2) is 12.2 Å². The zero-order valence-electron chi connectivity index (χ0n) is 12.6. The molecule has 0 amide bonds. The minimum atomic E-state index is 0.706. The summed E-state index contributed by atoms with van der Waals surface area (Å²) >= 11 is 0. The third kappa shape index (κ3) is 4.16. The Morgan fingerprint density at radius 3 is 2.24 bits per heavy atom. The third-order valence-electron chi connectivity index (χ3n) is 5.12. The van der Waals surface area contributed by atoms with Crippen molar-refractivity contribution in [1.29, 1.82) is 0 Å². The molecule has 1 saturated carbocycles. The van der Waals surface area contributed by atoms with Crippen LogP contribution in [-0.4, -0.2) is 0 Å². The molecule has 0 bridgehead atoms. The SMILES string of the molecule is C=C(C)C(C)CC1CC(C)C(CCC)CC1C. The van der Waals surface area contributed by atoms with E-state index in [1.165, 1.54) is 37.7 Å². The number of allylic oxidation sites excluding steroid dienone is 1. The maximum absolute atomic E-state index is 4.11. The molecular formula is C17H32. The number of hydrogen-bond acceptors (Lipinski definition) is 0. The normalized spacial score (nSPS) is 35.6. The molecule has 5 unspecified atom stereocenters. The average Bonchev–Trinajstić information content (AvgIpc) is 2.25. The Kier molecular flexibility index (Phi) is 5.76. The van der Waals surface area contributed by atoms with Crippen molar-refractivity contribution >= 4 is 0 Å². The fraction of sp³-hybridized carbons (Fsp3) is 0.882. The van der Waals surface area contributed by atoms with E-state index in [2.05, 4.69) is 41.2 Å². The molecule has 0 N–H and O–H groups in total. The highest BCUT2D eigenvalue weighted by Crippen LogP contribution is 2.42. The van der Waals surface area contributed by atoms with Gasteiger partial charge in [0, 0.05) is 0 Å². The summed E-state index contributed by atoms with van der Waals surface area (Å²) in [6, 6.07) is 0. The van der Waals surface area contributed by atoms with E-state index in [9.17, 15) is 0 Å². The van der Waals surface area contributed by atoms with Crippen molar-refractivity contribution in [2.75, 3.05) is 0 Å². The molecule has 0 saturated heterocycles. The van der Waals surface area contributed by atoms with Gasteiger partial charge in [0.25, 0.3) is 0 Å². The molecule has 0 aromatic rings. The van der Waals surface area contributed by atoms with Crippen molar-refractivity contribution in [2.24, 2.45) is 29.6 Å². The molecule has 17 heavy (non-hydrogen) atoms. The molecule has 0 heterocycles. The van der Waals surface area contributed by atoms with Gasteiger partial charge in [0.15, 0.2) is 0 Å². The second kappa shape index (κ2) is 6.61. The van der Waals surface area contributed by atoms with Crippen LogP contribution in [0.4, 0.5) is 0 Å². The van der Waals surface area contributed by atoms with Crippen molar-refractivity contribution in [3.05, 3.63) is 12.2 Å². The standard InChI is InChI=1S/C17H32/c1-7-8-16-10-15(6)17(11-14(16)5)9-13(4)12(2)3/h13-17H,2,7-11H2,1,3-6H3. The molecule has 100 valence electrons. The Morgan fingerprint density at radius 1 is 1.18 bits per heavy atom. The summed E-state index contributed by atoms with van der Waals surface area (Å²) in [5, 5.41) is 0. The highest BCUT2D eigenvalue weighted by molar-refractivity contribution is 4.96. The van der Waals surface area contributed by atoms with E-state index in [1.54, 1.807) is 0 Å². The molecule has 1 fully saturated rings. The minimum absolute atomic E-state index is 0.706. The summed E-state index contributed by atoms with van der Waals surface area (Å²) in [5.41, 5.74) is 1.36. The van der Waals surface area contributed by atoms with E-state index in [4.69, 9.17) is 0 Å². The molecule has 0 aliphatic heterocycles. The van der Waals surface area contributed by atoms with E-state index in [1.807, 2.05) is 0 Å². The summed E-state index contributed by atoms with van der Waals surface area (Å²) in [6.07, 6.45) is 7.06. The van der Waals surface area contributed by atoms with Gasteiger partial charge in [-0.15, -0.1) is 0 Å². The number of hydrogen-bond donors (Lipinski definition) is 0. The van der Waals surface area contributed by atoms with Crippen molar-refractivity contribution < 1.29 is 0 Å². The molecule has 0 aromatic heterocycles. The molecule has 0 aromatic carbocycles. The fourth-order valence-electron chi connectivity index (χ4n) is 3.56. The van der Waals surface area contributed by atoms with Gasteiger partial charge in [-0.05, 0) is 55.8 Å². The lowest BCUT2D eigenvalue weighted by atomic mass is 9.66. The van der Waals surface area contributed by atoms with Crippen LogP contribution in [-0.2, 0) is 0 Å². The van der Waals surface area contributed by atoms with Crippen LogP contribution in [0.1, 0.15) is 66.7 Å². The average molecular weight is 236 g/mol. The molecule has 0 nitrogen and oxygen atoms in total. The molecule has 1 aliphatic carbocycles. The maximum atomic E-state index is 4.11. The van der Waals surface area contributed by atoms with E-state index >= 15 is 0 Å². The van der Waals surface area contributed by atoms with Gasteiger partial charge in [0.05, 0.1) is 0 Å². The predicted octanol–water partition coefficient (Wildman–Crippen LogP) is 5.69. The summed E-state index contributed by atoms with van der Waals surface area (Å²) < 4.78 is 0. The molecule has 0 heteroatoms. The van der Waals surface area contributed by atoms with Crippen molar-refractivity contribution in [3.63, 3.8) is 0 Å². The van der Waals surface area contributed by atoms with Gasteiger partial charge in [0.1, 0.15) is 0 Å². The minimum Gasteiger partial charge on any atom is -0.0999 e. The summed E-state index contributed by atoms with van der Waals surface area (Å²) in [5.74, 6) is 4.49. The molecule has 1 rings (SSSR count). The molecule has 0 radical (unpaired) electrons. The second-order valence-electron chi connectivity index (χ2n) is 6.72. The lowest BCUT2D eigenvalue weighted by Crippen LogP contribution is -2.30. The fourth-order valence-corrected chi connectivity index (χ4v) is 3.56. The first-order valence-corrected chi connectivity index (χ1v) is 7.61. The van der Waals surface area contributed by atoms with Crippen LogP contribution in [0.5, 0.6) is 0 Å². The van der Waals surface area contributed by atoms with Gasteiger partial charge in [0.2, 0.25) is 0 Å². The zero-order valence-corrected chi connectivity index (χ0v) is 12.6. The van der Waals surface area contributed by atoms with Crippen molar-refractivity contribution in [1.82, 2.24) is 0 Å². The monoisotopic (exact) mass is 236 g/mol. The van der Waals surface area contributed by atoms with Crippen LogP contribution < -0.4 is 0 Å².